The Kier molecular flexibility index (Phi) is 3.30. The van der Waals surface area contributed by atoms with E-state index in [2.05, 4.69) is 47.6 Å². The molecule has 0 bridgehead atoms. The van der Waals surface area contributed by atoms with Crippen LogP contribution in [0.1, 0.15) is 35.3 Å². The van der Waals surface area contributed by atoms with Gasteiger partial charge in [0.25, 0.3) is 0 Å². The minimum atomic E-state index is 0.0421. The lowest BCUT2D eigenvalue weighted by Crippen LogP contribution is -2.31. The Morgan fingerprint density at radius 2 is 2.30 bits per heavy atom. The Balaban J connectivity index is 1.74. The summed E-state index contributed by atoms with van der Waals surface area (Å²) >= 11 is 0. The smallest absolute Gasteiger partial charge is 0.226 e. The summed E-state index contributed by atoms with van der Waals surface area (Å²) in [6.45, 7) is 4.28. The number of hydrogen-bond donors (Lipinski definition) is 2. The zero-order valence-electron chi connectivity index (χ0n) is 11.8. The lowest BCUT2D eigenvalue weighted by atomic mass is 10.0. The highest BCUT2D eigenvalue weighted by Gasteiger charge is 2.30. The summed E-state index contributed by atoms with van der Waals surface area (Å²) in [6, 6.07) is 8.47. The van der Waals surface area contributed by atoms with Crippen molar-refractivity contribution in [1.29, 1.82) is 0 Å². The second-order valence-electron chi connectivity index (χ2n) is 5.69. The molecule has 4 nitrogen and oxygen atoms in total. The maximum Gasteiger partial charge on any atom is 0.226 e. The topological polar surface area (TPSA) is 57.8 Å². The highest BCUT2D eigenvalue weighted by Crippen LogP contribution is 2.36. The van der Waals surface area contributed by atoms with E-state index < -0.39 is 0 Å². The number of hydrogen-bond acceptors (Lipinski definition) is 2. The third-order valence-corrected chi connectivity index (χ3v) is 3.97. The number of rotatable bonds is 3. The molecule has 2 N–H and O–H groups in total. The van der Waals surface area contributed by atoms with Gasteiger partial charge in [-0.3, -0.25) is 9.89 Å². The van der Waals surface area contributed by atoms with E-state index in [0.29, 0.717) is 12.3 Å². The van der Waals surface area contributed by atoms with Crippen molar-refractivity contribution in [2.75, 3.05) is 0 Å². The number of carbonyl (C=O) groups excluding carboxylic acids is 1. The minimum absolute atomic E-state index is 0.0421. The highest BCUT2D eigenvalue weighted by molar-refractivity contribution is 5.78. The molecule has 1 heterocycles. The van der Waals surface area contributed by atoms with E-state index in [9.17, 15) is 4.79 Å². The SMILES string of the molecule is Cc1ccc2c(c1)C(NC(=O)Cc1ccn[nH]1)C(C)C2. The van der Waals surface area contributed by atoms with Gasteiger partial charge in [-0.25, -0.2) is 0 Å². The van der Waals surface area contributed by atoms with Crippen LogP contribution in [0.5, 0.6) is 0 Å². The average molecular weight is 269 g/mol. The van der Waals surface area contributed by atoms with Gasteiger partial charge in [-0.1, -0.05) is 30.7 Å². The molecule has 0 saturated carbocycles. The first kappa shape index (κ1) is 12.9. The molecule has 1 aliphatic rings. The fourth-order valence-electron chi connectivity index (χ4n) is 2.96. The molecular formula is C16H19N3O. The van der Waals surface area contributed by atoms with Gasteiger partial charge in [-0.2, -0.15) is 5.10 Å². The van der Waals surface area contributed by atoms with Crippen molar-refractivity contribution in [1.82, 2.24) is 15.5 Å². The number of nitrogens with one attached hydrogen (secondary N) is 2. The normalized spacial score (nSPS) is 20.7. The van der Waals surface area contributed by atoms with Gasteiger partial charge in [0.1, 0.15) is 0 Å². The second-order valence-corrected chi connectivity index (χ2v) is 5.69. The summed E-state index contributed by atoms with van der Waals surface area (Å²) in [7, 11) is 0. The van der Waals surface area contributed by atoms with Gasteiger partial charge in [0.05, 0.1) is 12.5 Å². The highest BCUT2D eigenvalue weighted by atomic mass is 16.1. The summed E-state index contributed by atoms with van der Waals surface area (Å²) in [4.78, 5) is 12.1. The Morgan fingerprint density at radius 3 is 3.05 bits per heavy atom. The molecule has 20 heavy (non-hydrogen) atoms. The van der Waals surface area contributed by atoms with E-state index >= 15 is 0 Å². The van der Waals surface area contributed by atoms with Crippen LogP contribution in [0.3, 0.4) is 0 Å². The fourth-order valence-corrected chi connectivity index (χ4v) is 2.96. The van der Waals surface area contributed by atoms with E-state index in [0.717, 1.165) is 12.1 Å². The molecule has 104 valence electrons. The Labute approximate surface area is 118 Å². The monoisotopic (exact) mass is 269 g/mol. The van der Waals surface area contributed by atoms with Gasteiger partial charge in [0.15, 0.2) is 0 Å². The number of nitrogens with zero attached hydrogens (tertiary/aromatic N) is 1. The minimum Gasteiger partial charge on any atom is -0.349 e. The van der Waals surface area contributed by atoms with Crippen LogP contribution in [0.2, 0.25) is 0 Å². The summed E-state index contributed by atoms with van der Waals surface area (Å²) in [5.41, 5.74) is 4.72. The Bertz CT molecular complexity index is 619. The van der Waals surface area contributed by atoms with Crippen LogP contribution < -0.4 is 5.32 Å². The second kappa shape index (κ2) is 5.12. The van der Waals surface area contributed by atoms with Crippen LogP contribution in [-0.2, 0) is 17.6 Å². The lowest BCUT2D eigenvalue weighted by Gasteiger charge is -2.19. The molecule has 0 radical (unpaired) electrons. The molecule has 2 aromatic rings. The van der Waals surface area contributed by atoms with Crippen molar-refractivity contribution in [3.63, 3.8) is 0 Å². The van der Waals surface area contributed by atoms with Crippen molar-refractivity contribution in [2.45, 2.75) is 32.7 Å². The summed E-state index contributed by atoms with van der Waals surface area (Å²) in [5, 5.41) is 9.85. The van der Waals surface area contributed by atoms with Gasteiger partial charge >= 0.3 is 0 Å². The molecular weight excluding hydrogens is 250 g/mol. The summed E-state index contributed by atoms with van der Waals surface area (Å²) in [6.07, 6.45) is 3.05. The van der Waals surface area contributed by atoms with Gasteiger partial charge in [-0.05, 0) is 36.5 Å². The molecule has 1 amide bonds. The molecule has 0 saturated heterocycles. The Morgan fingerprint density at radius 1 is 1.45 bits per heavy atom. The molecule has 1 aromatic carbocycles. The van der Waals surface area contributed by atoms with Crippen LogP contribution in [0.4, 0.5) is 0 Å². The number of carbonyl (C=O) groups is 1. The van der Waals surface area contributed by atoms with Crippen LogP contribution >= 0.6 is 0 Å². The zero-order valence-corrected chi connectivity index (χ0v) is 11.8. The van der Waals surface area contributed by atoms with Crippen molar-refractivity contribution in [2.24, 2.45) is 5.92 Å². The standard InChI is InChI=1S/C16H19N3O/c1-10-3-4-12-8-11(2)16(14(12)7-10)18-15(20)9-13-5-6-17-19-13/h3-7,11,16H,8-9H2,1-2H3,(H,17,19)(H,18,20). The number of H-pyrrole nitrogens is 1. The van der Waals surface area contributed by atoms with Gasteiger partial charge in [0.2, 0.25) is 5.91 Å². The summed E-state index contributed by atoms with van der Waals surface area (Å²) in [5.74, 6) is 0.484. The van der Waals surface area contributed by atoms with E-state index in [1.807, 2.05) is 6.07 Å². The first-order chi connectivity index (χ1) is 9.63. The number of aryl methyl sites for hydroxylation is 1. The van der Waals surface area contributed by atoms with Gasteiger partial charge < -0.3 is 5.32 Å². The number of benzene rings is 1. The molecule has 0 fully saturated rings. The van der Waals surface area contributed by atoms with Gasteiger partial charge in [-0.15, -0.1) is 0 Å². The van der Waals surface area contributed by atoms with E-state index in [-0.39, 0.29) is 11.9 Å². The third kappa shape index (κ3) is 2.46. The van der Waals surface area contributed by atoms with Gasteiger partial charge in [0, 0.05) is 11.9 Å². The zero-order chi connectivity index (χ0) is 14.1. The predicted molar refractivity (Wildman–Crippen MR) is 77.2 cm³/mol. The molecule has 2 atom stereocenters. The lowest BCUT2D eigenvalue weighted by molar-refractivity contribution is -0.121. The molecule has 1 aliphatic carbocycles. The van der Waals surface area contributed by atoms with Crippen LogP contribution in [-0.4, -0.2) is 16.1 Å². The van der Waals surface area contributed by atoms with E-state index in [4.69, 9.17) is 0 Å². The number of aromatic amines is 1. The molecule has 1 aromatic heterocycles. The number of aromatic nitrogens is 2. The van der Waals surface area contributed by atoms with Crippen molar-refractivity contribution in [3.05, 3.63) is 52.8 Å². The van der Waals surface area contributed by atoms with E-state index in [1.165, 1.54) is 16.7 Å². The van der Waals surface area contributed by atoms with Crippen LogP contribution in [0, 0.1) is 12.8 Å². The quantitative estimate of drug-likeness (QED) is 0.898. The van der Waals surface area contributed by atoms with Crippen LogP contribution in [0.25, 0.3) is 0 Å². The van der Waals surface area contributed by atoms with Crippen molar-refractivity contribution >= 4 is 5.91 Å². The fraction of sp³-hybridized carbons (Fsp3) is 0.375. The predicted octanol–water partition coefficient (Wildman–Crippen LogP) is 2.31. The summed E-state index contributed by atoms with van der Waals surface area (Å²) < 4.78 is 0. The van der Waals surface area contributed by atoms with Crippen LogP contribution in [0.15, 0.2) is 30.5 Å². The maximum atomic E-state index is 12.1. The maximum absolute atomic E-state index is 12.1. The molecule has 2 unspecified atom stereocenters. The van der Waals surface area contributed by atoms with E-state index in [1.54, 1.807) is 6.20 Å². The number of fused-ring (bicyclic) bond motifs is 1. The first-order valence-corrected chi connectivity index (χ1v) is 7.00. The largest absolute Gasteiger partial charge is 0.349 e. The molecule has 0 aliphatic heterocycles. The third-order valence-electron chi connectivity index (χ3n) is 3.97. The molecule has 4 heteroatoms. The van der Waals surface area contributed by atoms with Crippen molar-refractivity contribution < 1.29 is 4.79 Å². The average Bonchev–Trinajstić information content (AvgIpc) is 3.00. The Hall–Kier alpha value is -2.10. The van der Waals surface area contributed by atoms with Crippen molar-refractivity contribution in [3.8, 4) is 0 Å². The number of amides is 1. The molecule has 0 spiro atoms. The first-order valence-electron chi connectivity index (χ1n) is 7.00. The molecule has 3 rings (SSSR count).